The van der Waals surface area contributed by atoms with Crippen LogP contribution in [-0.4, -0.2) is 25.0 Å². The zero-order valence-corrected chi connectivity index (χ0v) is 23.6. The van der Waals surface area contributed by atoms with Crippen LogP contribution in [0.1, 0.15) is 16.7 Å². The Kier molecular flexibility index (Phi) is 8.01. The number of amides is 4. The number of carbonyl (C=O) groups excluding carboxylic acids is 3. The molecule has 0 atom stereocenters. The Bertz CT molecular complexity index is 1430. The molecule has 1 N–H and O–H groups in total. The molecular weight excluding hydrogens is 663 g/mol. The van der Waals surface area contributed by atoms with E-state index in [1.807, 2.05) is 18.2 Å². The minimum atomic E-state index is -0.803. The molecule has 1 aliphatic heterocycles. The fourth-order valence-electron chi connectivity index (χ4n) is 3.64. The van der Waals surface area contributed by atoms with Gasteiger partial charge in [-0.15, -0.1) is 0 Å². The number of ether oxygens (including phenoxy) is 2. The van der Waals surface area contributed by atoms with Gasteiger partial charge in [-0.25, -0.2) is 9.69 Å². The lowest BCUT2D eigenvalue weighted by Crippen LogP contribution is -2.54. The normalized spacial score (nSPS) is 14.8. The molecule has 3 aromatic carbocycles. The van der Waals surface area contributed by atoms with Crippen LogP contribution in [0.3, 0.4) is 0 Å². The summed E-state index contributed by atoms with van der Waals surface area (Å²) in [5.41, 5.74) is 2.24. The second kappa shape index (κ2) is 11.0. The lowest BCUT2D eigenvalue weighted by atomic mass is 10.1. The second-order valence-electron chi connectivity index (χ2n) is 7.80. The molecule has 4 rings (SSSR count). The van der Waals surface area contributed by atoms with Gasteiger partial charge in [0.05, 0.1) is 16.4 Å². The molecule has 10 heteroatoms. The van der Waals surface area contributed by atoms with E-state index in [9.17, 15) is 14.4 Å². The highest BCUT2D eigenvalue weighted by Crippen LogP contribution is 2.36. The maximum atomic E-state index is 13.3. The molecular formula is C26H19BrClIN2O5. The molecule has 36 heavy (non-hydrogen) atoms. The molecule has 1 aliphatic rings. The third kappa shape index (κ3) is 5.42. The average Bonchev–Trinajstić information content (AvgIpc) is 2.83. The van der Waals surface area contributed by atoms with Crippen LogP contribution in [0.2, 0.25) is 5.02 Å². The van der Waals surface area contributed by atoms with E-state index in [1.165, 1.54) is 13.2 Å². The molecule has 7 nitrogen and oxygen atoms in total. The van der Waals surface area contributed by atoms with Crippen molar-refractivity contribution in [3.63, 3.8) is 0 Å². The Morgan fingerprint density at radius 3 is 2.56 bits per heavy atom. The van der Waals surface area contributed by atoms with Crippen molar-refractivity contribution >= 4 is 79.7 Å². The van der Waals surface area contributed by atoms with E-state index in [2.05, 4.69) is 43.8 Å². The Labute approximate surface area is 234 Å². The monoisotopic (exact) mass is 680 g/mol. The SMILES string of the molecule is COc1cc(/C=C2/C(=O)NC(=O)N(c3ccc(Br)cc3C)C2=O)cc(I)c1OCc1ccccc1Cl. The molecule has 0 spiro atoms. The van der Waals surface area contributed by atoms with Crippen molar-refractivity contribution in [2.75, 3.05) is 12.0 Å². The minimum Gasteiger partial charge on any atom is -0.493 e. The van der Waals surface area contributed by atoms with Crippen LogP contribution in [0.5, 0.6) is 11.5 Å². The van der Waals surface area contributed by atoms with Crippen molar-refractivity contribution in [2.24, 2.45) is 0 Å². The van der Waals surface area contributed by atoms with Crippen molar-refractivity contribution in [1.82, 2.24) is 5.32 Å². The first-order valence-electron chi connectivity index (χ1n) is 10.6. The van der Waals surface area contributed by atoms with Crippen molar-refractivity contribution in [3.8, 4) is 11.5 Å². The highest BCUT2D eigenvalue weighted by molar-refractivity contribution is 14.1. The predicted octanol–water partition coefficient (Wildman–Crippen LogP) is 6.27. The fourth-order valence-corrected chi connectivity index (χ4v) is 5.09. The Balaban J connectivity index is 1.66. The van der Waals surface area contributed by atoms with Gasteiger partial charge in [0.1, 0.15) is 12.2 Å². The number of halogens is 3. The number of nitrogens with zero attached hydrogens (tertiary/aromatic N) is 1. The first-order valence-corrected chi connectivity index (χ1v) is 12.9. The smallest absolute Gasteiger partial charge is 0.335 e. The molecule has 3 aromatic rings. The van der Waals surface area contributed by atoms with Crippen molar-refractivity contribution in [2.45, 2.75) is 13.5 Å². The van der Waals surface area contributed by atoms with E-state index in [4.69, 9.17) is 21.1 Å². The number of barbiturate groups is 1. The van der Waals surface area contributed by atoms with E-state index in [0.29, 0.717) is 36.9 Å². The fraction of sp³-hybridized carbons (Fsp3) is 0.115. The van der Waals surface area contributed by atoms with Gasteiger partial charge in [0.25, 0.3) is 11.8 Å². The van der Waals surface area contributed by atoms with Crippen molar-refractivity contribution in [1.29, 1.82) is 0 Å². The highest BCUT2D eigenvalue weighted by atomic mass is 127. The van der Waals surface area contributed by atoms with Crippen LogP contribution >= 0.6 is 50.1 Å². The lowest BCUT2D eigenvalue weighted by Gasteiger charge is -2.27. The Hall–Kier alpha value is -2.89. The van der Waals surface area contributed by atoms with E-state index < -0.39 is 17.8 Å². The van der Waals surface area contributed by atoms with Crippen LogP contribution in [-0.2, 0) is 16.2 Å². The summed E-state index contributed by atoms with van der Waals surface area (Å²) in [4.78, 5) is 39.4. The van der Waals surface area contributed by atoms with Gasteiger partial charge in [-0.3, -0.25) is 14.9 Å². The zero-order chi connectivity index (χ0) is 26.0. The van der Waals surface area contributed by atoms with E-state index in [0.717, 1.165) is 14.9 Å². The second-order valence-corrected chi connectivity index (χ2v) is 10.3. The summed E-state index contributed by atoms with van der Waals surface area (Å²) in [5.74, 6) is -0.575. The Morgan fingerprint density at radius 2 is 1.86 bits per heavy atom. The molecule has 184 valence electrons. The summed E-state index contributed by atoms with van der Waals surface area (Å²) in [6, 6.07) is 15.1. The van der Waals surface area contributed by atoms with Gasteiger partial charge in [0, 0.05) is 15.1 Å². The van der Waals surface area contributed by atoms with Gasteiger partial charge in [-0.2, -0.15) is 0 Å². The third-order valence-corrected chi connectivity index (χ3v) is 7.06. The first kappa shape index (κ1) is 26.2. The highest BCUT2D eigenvalue weighted by Gasteiger charge is 2.37. The number of rotatable bonds is 6. The van der Waals surface area contributed by atoms with Crippen LogP contribution in [0.15, 0.2) is 64.6 Å². The number of urea groups is 1. The number of methoxy groups -OCH3 is 1. The van der Waals surface area contributed by atoms with Gasteiger partial charge in [0.15, 0.2) is 11.5 Å². The maximum absolute atomic E-state index is 13.3. The number of carbonyl (C=O) groups is 3. The van der Waals surface area contributed by atoms with Gasteiger partial charge in [-0.1, -0.05) is 45.7 Å². The van der Waals surface area contributed by atoms with Crippen LogP contribution in [0, 0.1) is 10.5 Å². The first-order chi connectivity index (χ1) is 17.2. The summed E-state index contributed by atoms with van der Waals surface area (Å²) in [6.45, 7) is 2.01. The molecule has 0 unspecified atom stereocenters. The largest absolute Gasteiger partial charge is 0.493 e. The summed E-state index contributed by atoms with van der Waals surface area (Å²) in [5, 5.41) is 2.84. The van der Waals surface area contributed by atoms with Crippen LogP contribution in [0.25, 0.3) is 6.08 Å². The van der Waals surface area contributed by atoms with E-state index in [-0.39, 0.29) is 12.2 Å². The molecule has 0 radical (unpaired) electrons. The zero-order valence-electron chi connectivity index (χ0n) is 19.1. The van der Waals surface area contributed by atoms with Crippen molar-refractivity contribution < 1.29 is 23.9 Å². The molecule has 0 aliphatic carbocycles. The van der Waals surface area contributed by atoms with Gasteiger partial charge < -0.3 is 9.47 Å². The molecule has 0 aromatic heterocycles. The maximum Gasteiger partial charge on any atom is 0.335 e. The van der Waals surface area contributed by atoms with Crippen LogP contribution < -0.4 is 19.7 Å². The Morgan fingerprint density at radius 1 is 1.11 bits per heavy atom. The summed E-state index contributed by atoms with van der Waals surface area (Å²) in [6.07, 6.45) is 1.42. The number of aryl methyl sites for hydroxylation is 1. The van der Waals surface area contributed by atoms with E-state index in [1.54, 1.807) is 43.3 Å². The number of hydrogen-bond acceptors (Lipinski definition) is 5. The topological polar surface area (TPSA) is 84.9 Å². The molecule has 1 saturated heterocycles. The molecule has 1 heterocycles. The van der Waals surface area contributed by atoms with Gasteiger partial charge in [-0.05, 0) is 83.1 Å². The van der Waals surface area contributed by atoms with Gasteiger partial charge >= 0.3 is 6.03 Å². The molecule has 0 bridgehead atoms. The summed E-state index contributed by atoms with van der Waals surface area (Å²) >= 11 is 11.7. The molecule has 0 saturated carbocycles. The predicted molar refractivity (Wildman–Crippen MR) is 149 cm³/mol. The standard InChI is InChI=1S/C26H19BrClIN2O5/c1-14-9-17(27)7-8-21(14)31-25(33)18(24(32)30-26(31)34)10-15-11-20(29)23(22(12-15)35-2)36-13-16-5-3-4-6-19(16)28/h3-12H,13H2,1-2H3,(H,30,32,34)/b18-10-. The van der Waals surface area contributed by atoms with Gasteiger partial charge in [0.2, 0.25) is 0 Å². The number of hydrogen-bond donors (Lipinski definition) is 1. The van der Waals surface area contributed by atoms with Crippen molar-refractivity contribution in [3.05, 3.63) is 89.9 Å². The average molecular weight is 682 g/mol. The summed E-state index contributed by atoms with van der Waals surface area (Å²) < 4.78 is 13.0. The minimum absolute atomic E-state index is 0.181. The summed E-state index contributed by atoms with van der Waals surface area (Å²) in [7, 11) is 1.50. The number of nitrogens with one attached hydrogen (secondary N) is 1. The molecule has 4 amide bonds. The number of benzene rings is 3. The van der Waals surface area contributed by atoms with E-state index >= 15 is 0 Å². The molecule has 1 fully saturated rings. The lowest BCUT2D eigenvalue weighted by molar-refractivity contribution is -0.122. The van der Waals surface area contributed by atoms with Crippen LogP contribution in [0.4, 0.5) is 10.5 Å². The number of anilines is 1. The number of imide groups is 2. The quantitative estimate of drug-likeness (QED) is 0.189. The third-order valence-electron chi connectivity index (χ3n) is 5.39.